The summed E-state index contributed by atoms with van der Waals surface area (Å²) in [6, 6.07) is 65.2. The van der Waals surface area contributed by atoms with Crippen molar-refractivity contribution in [2.75, 3.05) is 0 Å². The first-order valence-electron chi connectivity index (χ1n) is 18.0. The van der Waals surface area contributed by atoms with E-state index in [1.165, 1.54) is 38.1 Å². The van der Waals surface area contributed by atoms with Gasteiger partial charge in [-0.3, -0.25) is 0 Å². The Bertz CT molecular complexity index is 3100. The first-order valence-corrected chi connectivity index (χ1v) is 18.0. The number of nitriles is 1. The highest BCUT2D eigenvalue weighted by Gasteiger charge is 2.23. The summed E-state index contributed by atoms with van der Waals surface area (Å²) in [5.41, 5.74) is 7.82. The summed E-state index contributed by atoms with van der Waals surface area (Å²) in [7, 11) is 0. The minimum Gasteiger partial charge on any atom is -0.208 e. The van der Waals surface area contributed by atoms with E-state index >= 15 is 0 Å². The molecule has 250 valence electrons. The molecule has 4 heteroatoms. The molecule has 0 bridgehead atoms. The van der Waals surface area contributed by atoms with Crippen LogP contribution in [0.25, 0.3) is 99.5 Å². The van der Waals surface area contributed by atoms with Crippen molar-refractivity contribution >= 4 is 43.1 Å². The lowest BCUT2D eigenvalue weighted by Gasteiger charge is -2.20. The summed E-state index contributed by atoms with van der Waals surface area (Å²) in [6.07, 6.45) is 0. The predicted molar refractivity (Wildman–Crippen MR) is 222 cm³/mol. The molecule has 0 amide bonds. The van der Waals surface area contributed by atoms with Crippen molar-refractivity contribution in [3.05, 3.63) is 188 Å². The van der Waals surface area contributed by atoms with E-state index in [1.54, 1.807) is 0 Å². The molecule has 4 nitrogen and oxygen atoms in total. The second kappa shape index (κ2) is 12.9. The Morgan fingerprint density at radius 3 is 1.67 bits per heavy atom. The van der Waals surface area contributed by atoms with E-state index in [-0.39, 0.29) is 0 Å². The van der Waals surface area contributed by atoms with Crippen LogP contribution in [0.3, 0.4) is 0 Å². The van der Waals surface area contributed by atoms with Gasteiger partial charge < -0.3 is 0 Å². The van der Waals surface area contributed by atoms with Gasteiger partial charge in [0.15, 0.2) is 17.5 Å². The molecular formula is C50H30N4. The molecule has 10 rings (SSSR count). The summed E-state index contributed by atoms with van der Waals surface area (Å²) in [4.78, 5) is 15.7. The SMILES string of the molecule is N#Cc1ccc(-c2cccc(-c3nc(-c4ccccc4)nc(-c4c5ccccc5c(-c5cccc6ccccc56)c5c4ccc4ccccc45)n3)c2)cc1. The Balaban J connectivity index is 1.30. The van der Waals surface area contributed by atoms with Crippen LogP contribution >= 0.6 is 0 Å². The number of nitrogens with zero attached hydrogens (tertiary/aromatic N) is 4. The summed E-state index contributed by atoms with van der Waals surface area (Å²) >= 11 is 0. The standard InChI is InChI=1S/C50H30N4/c51-31-32-24-26-33(27-25-32)37-17-10-18-38(30-37)49-52-48(36-14-2-1-3-15-36)53-50(54-49)47-43-22-9-8-21-42(43)46(41-23-11-16-34-12-4-6-19-39(34)41)45-40-20-7-5-13-35(40)28-29-44(45)47/h1-30H. The summed E-state index contributed by atoms with van der Waals surface area (Å²) in [5, 5.41) is 18.6. The molecule has 0 fully saturated rings. The topological polar surface area (TPSA) is 62.5 Å². The lowest BCUT2D eigenvalue weighted by Crippen LogP contribution is -2.02. The molecule has 0 N–H and O–H groups in total. The second-order valence-corrected chi connectivity index (χ2v) is 13.5. The third kappa shape index (κ3) is 5.27. The molecule has 0 aliphatic carbocycles. The number of fused-ring (bicyclic) bond motifs is 5. The molecule has 54 heavy (non-hydrogen) atoms. The van der Waals surface area contributed by atoms with Crippen molar-refractivity contribution in [1.82, 2.24) is 15.0 Å². The van der Waals surface area contributed by atoms with E-state index in [0.29, 0.717) is 23.0 Å². The molecule has 0 radical (unpaired) electrons. The summed E-state index contributed by atoms with van der Waals surface area (Å²) < 4.78 is 0. The van der Waals surface area contributed by atoms with Crippen molar-refractivity contribution in [2.24, 2.45) is 0 Å². The quantitative estimate of drug-likeness (QED) is 0.134. The van der Waals surface area contributed by atoms with E-state index in [2.05, 4.69) is 121 Å². The fourth-order valence-electron chi connectivity index (χ4n) is 7.82. The summed E-state index contributed by atoms with van der Waals surface area (Å²) in [5.74, 6) is 1.81. The van der Waals surface area contributed by atoms with Crippen molar-refractivity contribution in [2.45, 2.75) is 0 Å². The van der Waals surface area contributed by atoms with Gasteiger partial charge in [-0.05, 0) is 83.5 Å². The Labute approximate surface area is 312 Å². The van der Waals surface area contributed by atoms with E-state index in [1.807, 2.05) is 66.7 Å². The predicted octanol–water partition coefficient (Wildman–Crippen LogP) is 12.7. The average Bonchev–Trinajstić information content (AvgIpc) is 3.25. The van der Waals surface area contributed by atoms with E-state index < -0.39 is 0 Å². The highest BCUT2D eigenvalue weighted by atomic mass is 15.0. The van der Waals surface area contributed by atoms with Gasteiger partial charge in [0, 0.05) is 16.7 Å². The molecule has 10 aromatic rings. The van der Waals surface area contributed by atoms with Gasteiger partial charge in [-0.15, -0.1) is 0 Å². The largest absolute Gasteiger partial charge is 0.208 e. The Kier molecular flexibility index (Phi) is 7.49. The van der Waals surface area contributed by atoms with Gasteiger partial charge in [-0.2, -0.15) is 5.26 Å². The fourth-order valence-corrected chi connectivity index (χ4v) is 7.82. The average molecular weight is 687 g/mol. The van der Waals surface area contributed by atoms with E-state index in [0.717, 1.165) is 44.0 Å². The molecule has 0 aliphatic rings. The third-order valence-electron chi connectivity index (χ3n) is 10.3. The van der Waals surface area contributed by atoms with Gasteiger partial charge in [0.05, 0.1) is 11.6 Å². The molecule has 9 aromatic carbocycles. The van der Waals surface area contributed by atoms with Gasteiger partial charge in [-0.25, -0.2) is 15.0 Å². The lowest BCUT2D eigenvalue weighted by atomic mass is 9.84. The van der Waals surface area contributed by atoms with Crippen LogP contribution in [-0.4, -0.2) is 15.0 Å². The van der Waals surface area contributed by atoms with Crippen LogP contribution in [0.1, 0.15) is 5.56 Å². The maximum atomic E-state index is 9.36. The van der Waals surface area contributed by atoms with Gasteiger partial charge in [0.25, 0.3) is 0 Å². The van der Waals surface area contributed by atoms with Crippen molar-refractivity contribution in [3.63, 3.8) is 0 Å². The van der Waals surface area contributed by atoms with Crippen LogP contribution in [0.4, 0.5) is 0 Å². The normalized spacial score (nSPS) is 11.3. The molecule has 1 heterocycles. The molecule has 0 spiro atoms. The maximum absolute atomic E-state index is 9.36. The minimum absolute atomic E-state index is 0.588. The van der Waals surface area contributed by atoms with Gasteiger partial charge in [-0.1, -0.05) is 164 Å². The molecule has 0 saturated heterocycles. The molecule has 0 saturated carbocycles. The van der Waals surface area contributed by atoms with Crippen LogP contribution < -0.4 is 0 Å². The number of rotatable bonds is 5. The van der Waals surface area contributed by atoms with Crippen LogP contribution in [0, 0.1) is 11.3 Å². The zero-order valence-corrected chi connectivity index (χ0v) is 29.1. The zero-order valence-electron chi connectivity index (χ0n) is 29.1. The Hall–Kier alpha value is -7.48. The number of benzene rings is 9. The zero-order chi connectivity index (χ0) is 36.0. The monoisotopic (exact) mass is 686 g/mol. The highest BCUT2D eigenvalue weighted by molar-refractivity contribution is 6.29. The van der Waals surface area contributed by atoms with Gasteiger partial charge in [0.1, 0.15) is 0 Å². The van der Waals surface area contributed by atoms with E-state index in [9.17, 15) is 5.26 Å². The molecule has 1 aromatic heterocycles. The molecular weight excluding hydrogens is 657 g/mol. The first-order chi connectivity index (χ1) is 26.7. The van der Waals surface area contributed by atoms with E-state index in [4.69, 9.17) is 15.0 Å². The van der Waals surface area contributed by atoms with Crippen molar-refractivity contribution in [1.29, 1.82) is 5.26 Å². The van der Waals surface area contributed by atoms with Crippen LogP contribution in [0.15, 0.2) is 182 Å². The van der Waals surface area contributed by atoms with Crippen LogP contribution in [0.2, 0.25) is 0 Å². The number of hydrogen-bond donors (Lipinski definition) is 0. The van der Waals surface area contributed by atoms with Crippen molar-refractivity contribution < 1.29 is 0 Å². The second-order valence-electron chi connectivity index (χ2n) is 13.5. The molecule has 0 aliphatic heterocycles. The number of aromatic nitrogens is 3. The van der Waals surface area contributed by atoms with Gasteiger partial charge in [0.2, 0.25) is 0 Å². The minimum atomic E-state index is 0.588. The van der Waals surface area contributed by atoms with Gasteiger partial charge >= 0.3 is 0 Å². The summed E-state index contributed by atoms with van der Waals surface area (Å²) in [6.45, 7) is 0. The highest BCUT2D eigenvalue weighted by Crippen LogP contribution is 2.47. The maximum Gasteiger partial charge on any atom is 0.165 e. The van der Waals surface area contributed by atoms with Crippen LogP contribution in [-0.2, 0) is 0 Å². The van der Waals surface area contributed by atoms with Crippen molar-refractivity contribution in [3.8, 4) is 62.5 Å². The molecule has 0 atom stereocenters. The number of hydrogen-bond acceptors (Lipinski definition) is 4. The Morgan fingerprint density at radius 1 is 0.352 bits per heavy atom. The lowest BCUT2D eigenvalue weighted by molar-refractivity contribution is 1.08. The first kappa shape index (κ1) is 31.3. The molecule has 0 unspecified atom stereocenters. The third-order valence-corrected chi connectivity index (χ3v) is 10.3. The fraction of sp³-hybridized carbons (Fsp3) is 0. The van der Waals surface area contributed by atoms with Crippen LogP contribution in [0.5, 0.6) is 0 Å². The Morgan fingerprint density at radius 2 is 0.907 bits per heavy atom. The smallest absolute Gasteiger partial charge is 0.165 e.